The first-order chi connectivity index (χ1) is 8.31. The van der Waals surface area contributed by atoms with Crippen LogP contribution in [-0.2, 0) is 0 Å². The lowest BCUT2D eigenvalue weighted by molar-refractivity contribution is 0.576. The van der Waals surface area contributed by atoms with Crippen molar-refractivity contribution in [2.24, 2.45) is 0 Å². The van der Waals surface area contributed by atoms with Gasteiger partial charge >= 0.3 is 0 Å². The van der Waals surface area contributed by atoms with Crippen LogP contribution < -0.4 is 10.2 Å². The Balaban J connectivity index is 1.94. The highest BCUT2D eigenvalue weighted by atomic mass is 32.1. The van der Waals surface area contributed by atoms with E-state index < -0.39 is 0 Å². The molecular formula is C13H23N3S. The third-order valence-electron chi connectivity index (χ3n) is 3.27. The fraction of sp³-hybridized carbons (Fsp3) is 0.769. The molecule has 1 aromatic rings. The fourth-order valence-corrected chi connectivity index (χ4v) is 3.16. The first-order valence-electron chi connectivity index (χ1n) is 6.75. The van der Waals surface area contributed by atoms with E-state index in [9.17, 15) is 0 Å². The number of nitrogens with zero attached hydrogens (tertiary/aromatic N) is 2. The summed E-state index contributed by atoms with van der Waals surface area (Å²) in [6.45, 7) is 7.88. The minimum Gasteiger partial charge on any atom is -0.348 e. The summed E-state index contributed by atoms with van der Waals surface area (Å²) in [6.07, 6.45) is 7.24. The highest BCUT2D eigenvalue weighted by molar-refractivity contribution is 7.15. The van der Waals surface area contributed by atoms with Gasteiger partial charge in [-0.3, -0.25) is 0 Å². The van der Waals surface area contributed by atoms with Crippen molar-refractivity contribution in [2.45, 2.75) is 45.6 Å². The third-order valence-corrected chi connectivity index (χ3v) is 4.51. The fourth-order valence-electron chi connectivity index (χ4n) is 2.17. The SMILES string of the molecule is CCCNC(C)c1cnc(N2CCCCC2)s1. The van der Waals surface area contributed by atoms with Crippen LogP contribution in [0.4, 0.5) is 5.13 Å². The van der Waals surface area contributed by atoms with Gasteiger partial charge in [-0.05, 0) is 39.2 Å². The van der Waals surface area contributed by atoms with E-state index in [0.717, 1.165) is 6.54 Å². The van der Waals surface area contributed by atoms with Gasteiger partial charge in [0.05, 0.1) is 0 Å². The van der Waals surface area contributed by atoms with Crippen LogP contribution in [-0.4, -0.2) is 24.6 Å². The number of aromatic nitrogens is 1. The Morgan fingerprint density at radius 2 is 2.18 bits per heavy atom. The van der Waals surface area contributed by atoms with E-state index in [2.05, 4.69) is 29.0 Å². The lowest BCUT2D eigenvalue weighted by Gasteiger charge is -2.25. The zero-order valence-electron chi connectivity index (χ0n) is 10.9. The van der Waals surface area contributed by atoms with E-state index in [1.54, 1.807) is 0 Å². The average molecular weight is 253 g/mol. The number of hydrogen-bond donors (Lipinski definition) is 1. The Kier molecular flexibility index (Phi) is 4.80. The first-order valence-corrected chi connectivity index (χ1v) is 7.57. The number of hydrogen-bond acceptors (Lipinski definition) is 4. The molecule has 2 rings (SSSR count). The number of piperidine rings is 1. The second-order valence-electron chi connectivity index (χ2n) is 4.77. The van der Waals surface area contributed by atoms with E-state index in [4.69, 9.17) is 0 Å². The molecule has 0 amide bonds. The summed E-state index contributed by atoms with van der Waals surface area (Å²) >= 11 is 1.85. The van der Waals surface area contributed by atoms with Gasteiger partial charge in [-0.2, -0.15) is 0 Å². The molecule has 96 valence electrons. The molecular weight excluding hydrogens is 230 g/mol. The van der Waals surface area contributed by atoms with Gasteiger partial charge in [0.25, 0.3) is 0 Å². The lowest BCUT2D eigenvalue weighted by Crippen LogP contribution is -2.29. The normalized spacial score (nSPS) is 18.4. The van der Waals surface area contributed by atoms with E-state index in [1.807, 2.05) is 17.5 Å². The van der Waals surface area contributed by atoms with Crippen LogP contribution in [0.5, 0.6) is 0 Å². The molecule has 0 aliphatic carbocycles. The van der Waals surface area contributed by atoms with Crippen LogP contribution >= 0.6 is 11.3 Å². The van der Waals surface area contributed by atoms with Gasteiger partial charge in [-0.25, -0.2) is 4.98 Å². The number of nitrogens with one attached hydrogen (secondary N) is 1. The van der Waals surface area contributed by atoms with Gasteiger partial charge in [0.1, 0.15) is 0 Å². The molecule has 1 atom stereocenters. The van der Waals surface area contributed by atoms with Crippen molar-refractivity contribution in [3.8, 4) is 0 Å². The van der Waals surface area contributed by atoms with E-state index in [0.29, 0.717) is 6.04 Å². The minimum absolute atomic E-state index is 0.436. The third kappa shape index (κ3) is 3.42. The van der Waals surface area contributed by atoms with E-state index >= 15 is 0 Å². The van der Waals surface area contributed by atoms with Gasteiger partial charge in [0.15, 0.2) is 5.13 Å². The van der Waals surface area contributed by atoms with Gasteiger partial charge in [-0.15, -0.1) is 11.3 Å². The van der Waals surface area contributed by atoms with Crippen LogP contribution in [0.3, 0.4) is 0 Å². The quantitative estimate of drug-likeness (QED) is 0.873. The van der Waals surface area contributed by atoms with Crippen molar-refractivity contribution in [2.75, 3.05) is 24.5 Å². The van der Waals surface area contributed by atoms with Gasteiger partial charge in [0.2, 0.25) is 0 Å². The van der Waals surface area contributed by atoms with Crippen molar-refractivity contribution >= 4 is 16.5 Å². The molecule has 17 heavy (non-hydrogen) atoms. The van der Waals surface area contributed by atoms with Gasteiger partial charge < -0.3 is 10.2 Å². The summed E-state index contributed by atoms with van der Waals surface area (Å²) in [5.74, 6) is 0. The van der Waals surface area contributed by atoms with Gasteiger partial charge in [0, 0.05) is 30.2 Å². The van der Waals surface area contributed by atoms with Crippen LogP contribution in [0.1, 0.15) is 50.4 Å². The Bertz CT molecular complexity index is 331. The van der Waals surface area contributed by atoms with E-state index in [1.165, 1.54) is 48.8 Å². The number of thiazole rings is 1. The largest absolute Gasteiger partial charge is 0.348 e. The van der Waals surface area contributed by atoms with E-state index in [-0.39, 0.29) is 0 Å². The zero-order valence-corrected chi connectivity index (χ0v) is 11.7. The van der Waals surface area contributed by atoms with Crippen LogP contribution in [0.15, 0.2) is 6.20 Å². The minimum atomic E-state index is 0.436. The standard InChI is InChI=1S/C13H23N3S/c1-3-7-14-11(2)12-10-15-13(17-12)16-8-5-4-6-9-16/h10-11,14H,3-9H2,1-2H3. The highest BCUT2D eigenvalue weighted by Gasteiger charge is 2.16. The molecule has 3 nitrogen and oxygen atoms in total. The highest BCUT2D eigenvalue weighted by Crippen LogP contribution is 2.28. The molecule has 4 heteroatoms. The zero-order chi connectivity index (χ0) is 12.1. The number of rotatable bonds is 5. The maximum absolute atomic E-state index is 4.57. The predicted molar refractivity (Wildman–Crippen MR) is 74.9 cm³/mol. The molecule has 0 saturated carbocycles. The molecule has 2 heterocycles. The molecule has 1 N–H and O–H groups in total. The molecule has 0 bridgehead atoms. The molecule has 1 aromatic heterocycles. The smallest absolute Gasteiger partial charge is 0.185 e. The van der Waals surface area contributed by atoms with Crippen LogP contribution in [0.25, 0.3) is 0 Å². The predicted octanol–water partition coefficient (Wildman–Crippen LogP) is 3.19. The summed E-state index contributed by atoms with van der Waals surface area (Å²) < 4.78 is 0. The first kappa shape index (κ1) is 12.8. The molecule has 0 aromatic carbocycles. The second-order valence-corrected chi connectivity index (χ2v) is 5.81. The maximum Gasteiger partial charge on any atom is 0.185 e. The average Bonchev–Trinajstić information content (AvgIpc) is 2.86. The van der Waals surface area contributed by atoms with Crippen LogP contribution in [0, 0.1) is 0 Å². The second kappa shape index (κ2) is 6.36. The molecule has 1 aliphatic heterocycles. The lowest BCUT2D eigenvalue weighted by atomic mass is 10.1. The van der Waals surface area contributed by atoms with Crippen molar-refractivity contribution in [1.29, 1.82) is 0 Å². The molecule has 1 unspecified atom stereocenters. The summed E-state index contributed by atoms with van der Waals surface area (Å²) in [5.41, 5.74) is 0. The van der Waals surface area contributed by atoms with Crippen molar-refractivity contribution in [3.63, 3.8) is 0 Å². The van der Waals surface area contributed by atoms with Gasteiger partial charge in [-0.1, -0.05) is 6.92 Å². The van der Waals surface area contributed by atoms with Crippen molar-refractivity contribution in [1.82, 2.24) is 10.3 Å². The van der Waals surface area contributed by atoms with Crippen molar-refractivity contribution < 1.29 is 0 Å². The summed E-state index contributed by atoms with van der Waals surface area (Å²) in [6, 6.07) is 0.436. The molecule has 1 fully saturated rings. The Morgan fingerprint density at radius 3 is 2.88 bits per heavy atom. The molecule has 0 spiro atoms. The number of anilines is 1. The Morgan fingerprint density at radius 1 is 1.41 bits per heavy atom. The topological polar surface area (TPSA) is 28.2 Å². The maximum atomic E-state index is 4.57. The Hall–Kier alpha value is -0.610. The summed E-state index contributed by atoms with van der Waals surface area (Å²) in [7, 11) is 0. The van der Waals surface area contributed by atoms with Crippen molar-refractivity contribution in [3.05, 3.63) is 11.1 Å². The summed E-state index contributed by atoms with van der Waals surface area (Å²) in [5, 5.41) is 4.73. The molecule has 0 radical (unpaired) electrons. The Labute approximate surface area is 108 Å². The molecule has 1 aliphatic rings. The molecule has 1 saturated heterocycles. The summed E-state index contributed by atoms with van der Waals surface area (Å²) in [4.78, 5) is 8.37. The monoisotopic (exact) mass is 253 g/mol. The van der Waals surface area contributed by atoms with Crippen LogP contribution in [0.2, 0.25) is 0 Å².